The Morgan fingerprint density at radius 2 is 0.464 bits per heavy atom. The maximum atomic E-state index is 2.14. The molecule has 28 heavy (non-hydrogen) atoms. The molecule has 0 amide bonds. The van der Waals surface area contributed by atoms with Crippen molar-refractivity contribution in [2.75, 3.05) is 0 Å². The van der Waals surface area contributed by atoms with Crippen molar-refractivity contribution in [3.63, 3.8) is 0 Å². The molecule has 0 bridgehead atoms. The molecule has 0 aliphatic carbocycles. The van der Waals surface area contributed by atoms with Crippen LogP contribution < -0.4 is 0 Å². The van der Waals surface area contributed by atoms with Crippen molar-refractivity contribution in [3.8, 4) is 0 Å². The predicted molar refractivity (Wildman–Crippen MR) is 124 cm³/mol. The van der Waals surface area contributed by atoms with Gasteiger partial charge in [0.05, 0.1) is 0 Å². The monoisotopic (exact) mass is 360 g/mol. The molecule has 0 unspecified atom stereocenters. The second-order valence-electron chi connectivity index (χ2n) is 6.31. The van der Waals surface area contributed by atoms with Crippen molar-refractivity contribution in [3.05, 3.63) is 144 Å². The highest BCUT2D eigenvalue weighted by Gasteiger charge is 1.90. The van der Waals surface area contributed by atoms with Crippen molar-refractivity contribution in [1.29, 1.82) is 0 Å². The summed E-state index contributed by atoms with van der Waals surface area (Å²) in [7, 11) is 0. The Morgan fingerprint density at radius 3 is 0.750 bits per heavy atom. The lowest BCUT2D eigenvalue weighted by Gasteiger charge is -1.97. The van der Waals surface area contributed by atoms with E-state index in [9.17, 15) is 0 Å². The molecule has 0 heterocycles. The van der Waals surface area contributed by atoms with Gasteiger partial charge in [-0.1, -0.05) is 146 Å². The van der Waals surface area contributed by atoms with Crippen LogP contribution in [0.2, 0.25) is 0 Å². The number of hydrogen-bond acceptors (Lipinski definition) is 0. The molecule has 0 saturated heterocycles. The quantitative estimate of drug-likeness (QED) is 0.327. The molecular weight excluding hydrogens is 336 g/mol. The summed E-state index contributed by atoms with van der Waals surface area (Å²) in [5, 5.41) is 0. The lowest BCUT2D eigenvalue weighted by molar-refractivity contribution is 1.61. The molecule has 0 spiro atoms. The van der Waals surface area contributed by atoms with Gasteiger partial charge in [0.25, 0.3) is 0 Å². The summed E-state index contributed by atoms with van der Waals surface area (Å²) in [6.45, 7) is 0. The van der Waals surface area contributed by atoms with Gasteiger partial charge < -0.3 is 0 Å². The molecule has 4 aromatic rings. The minimum absolute atomic E-state index is 1.21. The van der Waals surface area contributed by atoms with E-state index in [1.165, 1.54) is 22.3 Å². The lowest BCUT2D eigenvalue weighted by Crippen LogP contribution is -1.75. The van der Waals surface area contributed by atoms with Gasteiger partial charge >= 0.3 is 0 Å². The van der Waals surface area contributed by atoms with Crippen LogP contribution in [0.4, 0.5) is 0 Å². The first-order valence-electron chi connectivity index (χ1n) is 9.46. The molecule has 0 aliphatic heterocycles. The SMILES string of the molecule is C(=Cc1ccc(C=Cc2ccccc2)cc1)c1ccccc1.c1ccccc1. The van der Waals surface area contributed by atoms with Crippen LogP contribution in [0.15, 0.2) is 121 Å². The Morgan fingerprint density at radius 1 is 0.250 bits per heavy atom. The van der Waals surface area contributed by atoms with E-state index in [-0.39, 0.29) is 0 Å². The third kappa shape index (κ3) is 6.93. The third-order valence-corrected chi connectivity index (χ3v) is 4.14. The zero-order chi connectivity index (χ0) is 19.3. The van der Waals surface area contributed by atoms with Crippen LogP contribution in [-0.4, -0.2) is 0 Å². The van der Waals surface area contributed by atoms with E-state index >= 15 is 0 Å². The molecule has 0 aromatic heterocycles. The molecule has 0 fully saturated rings. The second kappa shape index (κ2) is 11.2. The summed E-state index contributed by atoms with van der Waals surface area (Å²) in [4.78, 5) is 0. The fraction of sp³-hybridized carbons (Fsp3) is 0. The second-order valence-corrected chi connectivity index (χ2v) is 6.31. The van der Waals surface area contributed by atoms with Crippen LogP contribution in [0.1, 0.15) is 22.3 Å². The van der Waals surface area contributed by atoms with E-state index in [1.807, 2.05) is 48.5 Å². The predicted octanol–water partition coefficient (Wildman–Crippen LogP) is 7.71. The Hall–Kier alpha value is -3.64. The van der Waals surface area contributed by atoms with Gasteiger partial charge in [0.2, 0.25) is 0 Å². The molecule has 0 aliphatic rings. The summed E-state index contributed by atoms with van der Waals surface area (Å²) in [5.74, 6) is 0. The standard InChI is InChI=1S/C22H18.C6H6/c1-3-7-19(8-4-1)11-13-21-15-17-22(18-16-21)14-12-20-9-5-2-6-10-20;1-2-4-6-5-3-1/h1-18H;1-6H. The number of benzene rings is 4. The molecule has 0 atom stereocenters. The molecule has 0 radical (unpaired) electrons. The molecular formula is C28H24. The van der Waals surface area contributed by atoms with Crippen LogP contribution in [0.3, 0.4) is 0 Å². The highest BCUT2D eigenvalue weighted by atomic mass is 14.0. The zero-order valence-corrected chi connectivity index (χ0v) is 15.9. The maximum Gasteiger partial charge on any atom is -0.0256 e. The van der Waals surface area contributed by atoms with Gasteiger partial charge in [-0.05, 0) is 22.3 Å². The summed E-state index contributed by atoms with van der Waals surface area (Å²) in [6, 6.07) is 41.3. The van der Waals surface area contributed by atoms with E-state index in [0.29, 0.717) is 0 Å². The number of hydrogen-bond donors (Lipinski definition) is 0. The molecule has 0 N–H and O–H groups in total. The summed E-state index contributed by atoms with van der Waals surface area (Å²) < 4.78 is 0. The lowest BCUT2D eigenvalue weighted by atomic mass is 10.1. The normalized spacial score (nSPS) is 10.6. The van der Waals surface area contributed by atoms with Gasteiger partial charge in [-0.15, -0.1) is 0 Å². The van der Waals surface area contributed by atoms with Gasteiger partial charge in [-0.3, -0.25) is 0 Å². The Bertz CT molecular complexity index is 869. The van der Waals surface area contributed by atoms with Gasteiger partial charge in [0, 0.05) is 0 Å². The van der Waals surface area contributed by atoms with Crippen molar-refractivity contribution in [2.24, 2.45) is 0 Å². The summed E-state index contributed by atoms with van der Waals surface area (Å²) >= 11 is 0. The molecule has 0 heteroatoms. The first-order valence-corrected chi connectivity index (χ1v) is 9.46. The van der Waals surface area contributed by atoms with Crippen LogP contribution in [0, 0.1) is 0 Å². The van der Waals surface area contributed by atoms with E-state index in [0.717, 1.165) is 0 Å². The van der Waals surface area contributed by atoms with Crippen LogP contribution in [0.25, 0.3) is 24.3 Å². The maximum absolute atomic E-state index is 2.14. The summed E-state index contributed by atoms with van der Waals surface area (Å²) in [6.07, 6.45) is 8.55. The highest BCUT2D eigenvalue weighted by molar-refractivity contribution is 5.72. The van der Waals surface area contributed by atoms with Crippen LogP contribution in [0.5, 0.6) is 0 Å². The van der Waals surface area contributed by atoms with Crippen molar-refractivity contribution in [1.82, 2.24) is 0 Å². The zero-order valence-electron chi connectivity index (χ0n) is 15.9. The first-order chi connectivity index (χ1) is 13.9. The van der Waals surface area contributed by atoms with Crippen LogP contribution >= 0.6 is 0 Å². The number of rotatable bonds is 4. The first kappa shape index (κ1) is 19.1. The topological polar surface area (TPSA) is 0 Å². The smallest absolute Gasteiger partial charge is 0.0256 e. The minimum Gasteiger partial charge on any atom is -0.0623 e. The van der Waals surface area contributed by atoms with Gasteiger partial charge in [0.15, 0.2) is 0 Å². The van der Waals surface area contributed by atoms with Crippen molar-refractivity contribution >= 4 is 24.3 Å². The molecule has 4 aromatic carbocycles. The minimum atomic E-state index is 1.21. The fourth-order valence-electron chi connectivity index (χ4n) is 2.62. The van der Waals surface area contributed by atoms with Gasteiger partial charge in [-0.2, -0.15) is 0 Å². The van der Waals surface area contributed by atoms with Crippen LogP contribution in [-0.2, 0) is 0 Å². The highest BCUT2D eigenvalue weighted by Crippen LogP contribution is 2.12. The Balaban J connectivity index is 0.000000320. The molecule has 0 saturated carbocycles. The Labute approximate surface area is 168 Å². The van der Waals surface area contributed by atoms with E-state index in [2.05, 4.69) is 97.1 Å². The fourth-order valence-corrected chi connectivity index (χ4v) is 2.62. The van der Waals surface area contributed by atoms with E-state index < -0.39 is 0 Å². The molecule has 0 nitrogen and oxygen atoms in total. The van der Waals surface area contributed by atoms with Crippen molar-refractivity contribution < 1.29 is 0 Å². The molecule has 4 rings (SSSR count). The molecule has 136 valence electrons. The van der Waals surface area contributed by atoms with E-state index in [4.69, 9.17) is 0 Å². The van der Waals surface area contributed by atoms with Gasteiger partial charge in [0.1, 0.15) is 0 Å². The third-order valence-electron chi connectivity index (χ3n) is 4.14. The van der Waals surface area contributed by atoms with E-state index in [1.54, 1.807) is 0 Å². The average Bonchev–Trinajstić information content (AvgIpc) is 2.80. The summed E-state index contributed by atoms with van der Waals surface area (Å²) in [5.41, 5.74) is 4.85. The average molecular weight is 361 g/mol. The van der Waals surface area contributed by atoms with Gasteiger partial charge in [-0.25, -0.2) is 0 Å². The largest absolute Gasteiger partial charge is 0.0623 e. The van der Waals surface area contributed by atoms with Crippen molar-refractivity contribution in [2.45, 2.75) is 0 Å². The Kier molecular flexibility index (Phi) is 7.62.